The van der Waals surface area contributed by atoms with E-state index >= 15 is 0 Å². The number of hydrogen-bond donors (Lipinski definition) is 1. The molecular weight excluding hydrogens is 406 g/mol. The van der Waals surface area contributed by atoms with Gasteiger partial charge < -0.3 is 14.6 Å². The number of benzene rings is 2. The van der Waals surface area contributed by atoms with Crippen LogP contribution in [0, 0.1) is 25.5 Å². The van der Waals surface area contributed by atoms with E-state index in [2.05, 4.69) is 5.32 Å². The van der Waals surface area contributed by atoms with Crippen molar-refractivity contribution in [3.8, 4) is 5.69 Å². The molecule has 0 aliphatic heterocycles. The summed E-state index contributed by atoms with van der Waals surface area (Å²) in [7, 11) is 0. The minimum atomic E-state index is -1.05. The van der Waals surface area contributed by atoms with Crippen LogP contribution in [-0.2, 0) is 9.53 Å². The summed E-state index contributed by atoms with van der Waals surface area (Å²) in [4.78, 5) is 36.3. The van der Waals surface area contributed by atoms with E-state index in [4.69, 9.17) is 4.74 Å². The first-order valence-corrected chi connectivity index (χ1v) is 9.44. The first-order chi connectivity index (χ1) is 14.8. The normalized spacial score (nSPS) is 10.6. The van der Waals surface area contributed by atoms with Gasteiger partial charge in [0.2, 0.25) is 5.78 Å². The van der Waals surface area contributed by atoms with E-state index in [1.807, 2.05) is 41.8 Å². The quantitative estimate of drug-likeness (QED) is 0.463. The van der Waals surface area contributed by atoms with Gasteiger partial charge >= 0.3 is 5.97 Å². The summed E-state index contributed by atoms with van der Waals surface area (Å²) in [6.45, 7) is 2.60. The summed E-state index contributed by atoms with van der Waals surface area (Å²) in [5.41, 5.74) is 2.49. The van der Waals surface area contributed by atoms with Crippen molar-refractivity contribution in [1.82, 2.24) is 9.88 Å². The molecule has 1 amide bonds. The number of carbonyl (C=O) groups excluding carboxylic acids is 3. The van der Waals surface area contributed by atoms with Gasteiger partial charge in [0.1, 0.15) is 18.2 Å². The molecule has 3 aromatic rings. The number of rotatable bonds is 7. The van der Waals surface area contributed by atoms with Crippen LogP contribution >= 0.6 is 0 Å². The first kappa shape index (κ1) is 21.9. The lowest BCUT2D eigenvalue weighted by atomic mass is 10.1. The molecule has 0 bridgehead atoms. The fourth-order valence-electron chi connectivity index (χ4n) is 3.22. The molecule has 0 atom stereocenters. The Morgan fingerprint density at radius 2 is 1.68 bits per heavy atom. The number of amides is 1. The molecule has 0 aliphatic carbocycles. The maximum atomic E-state index is 13.6. The Hall–Kier alpha value is -3.81. The number of ether oxygens (including phenoxy) is 1. The van der Waals surface area contributed by atoms with Crippen LogP contribution in [0.25, 0.3) is 5.69 Å². The lowest BCUT2D eigenvalue weighted by molar-refractivity contribution is -0.141. The van der Waals surface area contributed by atoms with Crippen molar-refractivity contribution in [2.45, 2.75) is 13.8 Å². The van der Waals surface area contributed by atoms with E-state index in [-0.39, 0.29) is 5.78 Å². The Morgan fingerprint density at radius 3 is 2.35 bits per heavy atom. The van der Waals surface area contributed by atoms with E-state index in [1.165, 1.54) is 0 Å². The summed E-state index contributed by atoms with van der Waals surface area (Å²) in [6, 6.07) is 13.7. The van der Waals surface area contributed by atoms with E-state index < -0.39 is 42.2 Å². The molecule has 2 aromatic carbocycles. The highest BCUT2D eigenvalue weighted by Crippen LogP contribution is 2.21. The number of nitrogens with one attached hydrogen (secondary N) is 1. The molecule has 0 saturated heterocycles. The monoisotopic (exact) mass is 426 g/mol. The number of nitrogens with zero attached hydrogens (tertiary/aromatic N) is 1. The van der Waals surface area contributed by atoms with Gasteiger partial charge in [0, 0.05) is 28.7 Å². The van der Waals surface area contributed by atoms with Gasteiger partial charge in [-0.2, -0.15) is 0 Å². The third-order valence-electron chi connectivity index (χ3n) is 4.68. The number of carbonyl (C=O) groups is 3. The van der Waals surface area contributed by atoms with E-state index in [1.54, 1.807) is 13.0 Å². The van der Waals surface area contributed by atoms with Crippen LogP contribution in [-0.4, -0.2) is 35.4 Å². The zero-order chi connectivity index (χ0) is 22.5. The van der Waals surface area contributed by atoms with Gasteiger partial charge in [-0.15, -0.1) is 0 Å². The minimum absolute atomic E-state index is 0.389. The molecular formula is C23H20F2N2O4. The Bertz CT molecular complexity index is 1140. The fraction of sp³-hybridized carbons (Fsp3) is 0.174. The van der Waals surface area contributed by atoms with Crippen LogP contribution in [0.2, 0.25) is 0 Å². The van der Waals surface area contributed by atoms with Crippen molar-refractivity contribution in [2.24, 2.45) is 0 Å². The lowest BCUT2D eigenvalue weighted by Crippen LogP contribution is -2.32. The average Bonchev–Trinajstić information content (AvgIpc) is 3.04. The second-order valence-electron chi connectivity index (χ2n) is 6.85. The largest absolute Gasteiger partial charge is 0.456 e. The molecule has 6 nitrogen and oxygen atoms in total. The van der Waals surface area contributed by atoms with Crippen LogP contribution in [0.4, 0.5) is 8.78 Å². The number of ketones is 1. The number of Topliss-reactive ketones (excluding diaryl/α,β-unsaturated/α-hetero) is 1. The third kappa shape index (κ3) is 5.03. The van der Waals surface area contributed by atoms with Crippen molar-refractivity contribution in [2.75, 3.05) is 13.2 Å². The standard InChI is InChI=1S/C23H20F2N2O4/c1-14-10-19(15(2)27(14)17-6-4-3-5-7-17)21(28)13-31-22(29)12-26-23(30)18-9-8-16(24)11-20(18)25/h3-11H,12-13H2,1-2H3,(H,26,30). The Kier molecular flexibility index (Phi) is 6.59. The minimum Gasteiger partial charge on any atom is -0.456 e. The van der Waals surface area contributed by atoms with Crippen molar-refractivity contribution in [3.05, 3.63) is 88.7 Å². The maximum absolute atomic E-state index is 13.6. The lowest BCUT2D eigenvalue weighted by Gasteiger charge is -2.10. The van der Waals surface area contributed by atoms with Crippen LogP contribution in [0.5, 0.6) is 0 Å². The molecule has 160 valence electrons. The highest BCUT2D eigenvalue weighted by molar-refractivity contribution is 6.00. The summed E-state index contributed by atoms with van der Waals surface area (Å²) in [5.74, 6) is -4.01. The Balaban J connectivity index is 1.57. The van der Waals surface area contributed by atoms with E-state index in [0.29, 0.717) is 17.3 Å². The molecule has 0 radical (unpaired) electrons. The number of hydrogen-bond acceptors (Lipinski definition) is 4. The Morgan fingerprint density at radius 1 is 0.968 bits per heavy atom. The second kappa shape index (κ2) is 9.34. The number of esters is 1. The van der Waals surface area contributed by atoms with E-state index in [9.17, 15) is 23.2 Å². The zero-order valence-corrected chi connectivity index (χ0v) is 16.9. The smallest absolute Gasteiger partial charge is 0.325 e. The second-order valence-corrected chi connectivity index (χ2v) is 6.85. The summed E-state index contributed by atoms with van der Waals surface area (Å²) in [6.07, 6.45) is 0. The van der Waals surface area contributed by atoms with Gasteiger partial charge in [0.15, 0.2) is 6.61 Å². The third-order valence-corrected chi connectivity index (χ3v) is 4.68. The zero-order valence-electron chi connectivity index (χ0n) is 16.9. The van der Waals surface area contributed by atoms with Crippen LogP contribution in [0.15, 0.2) is 54.6 Å². The van der Waals surface area contributed by atoms with Crippen LogP contribution in [0.3, 0.4) is 0 Å². The van der Waals surface area contributed by atoms with Gasteiger partial charge in [-0.05, 0) is 44.2 Å². The Labute approximate surface area is 177 Å². The van der Waals surface area contributed by atoms with Gasteiger partial charge in [-0.3, -0.25) is 14.4 Å². The SMILES string of the molecule is Cc1cc(C(=O)COC(=O)CNC(=O)c2ccc(F)cc2F)c(C)n1-c1ccccc1. The molecule has 0 unspecified atom stereocenters. The predicted molar refractivity (Wildman–Crippen MR) is 109 cm³/mol. The van der Waals surface area contributed by atoms with Crippen molar-refractivity contribution >= 4 is 17.7 Å². The molecule has 0 spiro atoms. The molecule has 1 heterocycles. The van der Waals surface area contributed by atoms with E-state index in [0.717, 1.165) is 23.5 Å². The number of aryl methyl sites for hydroxylation is 1. The average molecular weight is 426 g/mol. The molecule has 0 aliphatic rings. The number of aromatic nitrogens is 1. The molecule has 0 fully saturated rings. The molecule has 1 N–H and O–H groups in total. The van der Waals surface area contributed by atoms with Crippen molar-refractivity contribution < 1.29 is 27.9 Å². The molecule has 8 heteroatoms. The molecule has 0 saturated carbocycles. The fourth-order valence-corrected chi connectivity index (χ4v) is 3.22. The van der Waals surface area contributed by atoms with Gasteiger partial charge in [0.05, 0.1) is 5.56 Å². The van der Waals surface area contributed by atoms with Gasteiger partial charge in [-0.25, -0.2) is 8.78 Å². The number of halogens is 2. The summed E-state index contributed by atoms with van der Waals surface area (Å²) >= 11 is 0. The topological polar surface area (TPSA) is 77.4 Å². The molecule has 31 heavy (non-hydrogen) atoms. The maximum Gasteiger partial charge on any atom is 0.325 e. The summed E-state index contributed by atoms with van der Waals surface area (Å²) in [5, 5.41) is 2.18. The molecule has 1 aromatic heterocycles. The van der Waals surface area contributed by atoms with Crippen LogP contribution < -0.4 is 5.32 Å². The van der Waals surface area contributed by atoms with Gasteiger partial charge in [-0.1, -0.05) is 18.2 Å². The highest BCUT2D eigenvalue weighted by Gasteiger charge is 2.19. The molecule has 3 rings (SSSR count). The van der Waals surface area contributed by atoms with Crippen molar-refractivity contribution in [1.29, 1.82) is 0 Å². The van der Waals surface area contributed by atoms with Crippen molar-refractivity contribution in [3.63, 3.8) is 0 Å². The van der Waals surface area contributed by atoms with Gasteiger partial charge in [0.25, 0.3) is 5.91 Å². The van der Waals surface area contributed by atoms with Crippen LogP contribution in [0.1, 0.15) is 32.1 Å². The first-order valence-electron chi connectivity index (χ1n) is 9.44. The highest BCUT2D eigenvalue weighted by atomic mass is 19.1. The summed E-state index contributed by atoms with van der Waals surface area (Å²) < 4.78 is 33.4. The number of para-hydroxylation sites is 1. The predicted octanol–water partition coefficient (Wildman–Crippen LogP) is 3.53.